The van der Waals surface area contributed by atoms with Gasteiger partial charge in [-0.3, -0.25) is 0 Å². The largest absolute Gasteiger partial charge is 0.493 e. The van der Waals surface area contributed by atoms with Crippen molar-refractivity contribution in [1.29, 1.82) is 0 Å². The quantitative estimate of drug-likeness (QED) is 0.839. The zero-order valence-electron chi connectivity index (χ0n) is 11.1. The maximum atomic E-state index is 13.2. The van der Waals surface area contributed by atoms with Crippen LogP contribution in [0.5, 0.6) is 11.5 Å². The lowest BCUT2D eigenvalue weighted by atomic mass is 10.1. The van der Waals surface area contributed by atoms with Crippen molar-refractivity contribution in [2.75, 3.05) is 6.61 Å². The SMILES string of the molecule is Cc1cc(OCc2cc(Cl)cc3c2OCC3)ccc1F. The fourth-order valence-electron chi connectivity index (χ4n) is 2.32. The van der Waals surface area contributed by atoms with Crippen LogP contribution in [-0.2, 0) is 13.0 Å². The Kier molecular flexibility index (Phi) is 3.53. The second kappa shape index (κ2) is 5.33. The number of halogens is 2. The minimum absolute atomic E-state index is 0.232. The van der Waals surface area contributed by atoms with E-state index in [2.05, 4.69) is 0 Å². The summed E-state index contributed by atoms with van der Waals surface area (Å²) in [5.74, 6) is 1.27. The molecule has 20 heavy (non-hydrogen) atoms. The van der Waals surface area contributed by atoms with Crippen molar-refractivity contribution in [2.24, 2.45) is 0 Å². The lowest BCUT2D eigenvalue weighted by molar-refractivity contribution is 0.291. The molecule has 2 nitrogen and oxygen atoms in total. The van der Waals surface area contributed by atoms with E-state index in [9.17, 15) is 4.39 Å². The van der Waals surface area contributed by atoms with Crippen LogP contribution in [0.1, 0.15) is 16.7 Å². The van der Waals surface area contributed by atoms with Crippen LogP contribution in [0.2, 0.25) is 5.02 Å². The minimum atomic E-state index is -0.232. The molecule has 0 aliphatic carbocycles. The number of ether oxygens (including phenoxy) is 2. The average molecular weight is 293 g/mol. The number of aryl methyl sites for hydroxylation is 1. The molecule has 0 saturated heterocycles. The first-order valence-electron chi connectivity index (χ1n) is 6.46. The summed E-state index contributed by atoms with van der Waals surface area (Å²) in [6, 6.07) is 8.48. The van der Waals surface area contributed by atoms with Gasteiger partial charge >= 0.3 is 0 Å². The second-order valence-corrected chi connectivity index (χ2v) is 5.29. The Bertz CT molecular complexity index is 655. The van der Waals surface area contributed by atoms with Gasteiger partial charge < -0.3 is 9.47 Å². The molecule has 0 atom stereocenters. The summed E-state index contributed by atoms with van der Waals surface area (Å²) >= 11 is 6.10. The maximum absolute atomic E-state index is 13.2. The first-order chi connectivity index (χ1) is 9.63. The van der Waals surface area contributed by atoms with Crippen LogP contribution in [0.15, 0.2) is 30.3 Å². The monoisotopic (exact) mass is 292 g/mol. The van der Waals surface area contributed by atoms with Crippen molar-refractivity contribution in [1.82, 2.24) is 0 Å². The molecule has 104 valence electrons. The molecule has 0 amide bonds. The summed E-state index contributed by atoms with van der Waals surface area (Å²) in [6.07, 6.45) is 0.874. The second-order valence-electron chi connectivity index (χ2n) is 4.85. The lowest BCUT2D eigenvalue weighted by Crippen LogP contribution is -1.99. The van der Waals surface area contributed by atoms with Gasteiger partial charge in [-0.05, 0) is 48.4 Å². The third kappa shape index (κ3) is 2.59. The zero-order chi connectivity index (χ0) is 14.1. The van der Waals surface area contributed by atoms with Crippen LogP contribution in [0.3, 0.4) is 0 Å². The Morgan fingerprint density at radius 3 is 2.95 bits per heavy atom. The summed E-state index contributed by atoms with van der Waals surface area (Å²) in [5, 5.41) is 0.683. The van der Waals surface area contributed by atoms with Crippen molar-refractivity contribution in [3.63, 3.8) is 0 Å². The van der Waals surface area contributed by atoms with Crippen LogP contribution in [0.4, 0.5) is 4.39 Å². The van der Waals surface area contributed by atoms with E-state index in [1.54, 1.807) is 19.1 Å². The average Bonchev–Trinajstić information content (AvgIpc) is 2.88. The van der Waals surface area contributed by atoms with Gasteiger partial charge in [-0.2, -0.15) is 0 Å². The highest BCUT2D eigenvalue weighted by Crippen LogP contribution is 2.33. The van der Waals surface area contributed by atoms with Gasteiger partial charge in [-0.25, -0.2) is 4.39 Å². The highest BCUT2D eigenvalue weighted by atomic mass is 35.5. The van der Waals surface area contributed by atoms with E-state index < -0.39 is 0 Å². The number of hydrogen-bond acceptors (Lipinski definition) is 2. The van der Waals surface area contributed by atoms with Gasteiger partial charge in [-0.1, -0.05) is 11.6 Å². The molecule has 0 spiro atoms. The first kappa shape index (κ1) is 13.3. The van der Waals surface area contributed by atoms with Gasteiger partial charge in [-0.15, -0.1) is 0 Å². The van der Waals surface area contributed by atoms with E-state index in [4.69, 9.17) is 21.1 Å². The summed E-state index contributed by atoms with van der Waals surface area (Å²) in [7, 11) is 0. The fourth-order valence-corrected chi connectivity index (χ4v) is 2.58. The van der Waals surface area contributed by atoms with E-state index in [1.165, 1.54) is 6.07 Å². The number of rotatable bonds is 3. The van der Waals surface area contributed by atoms with Crippen molar-refractivity contribution in [2.45, 2.75) is 20.0 Å². The Morgan fingerprint density at radius 1 is 1.30 bits per heavy atom. The van der Waals surface area contributed by atoms with Gasteiger partial charge in [0.15, 0.2) is 0 Å². The van der Waals surface area contributed by atoms with Crippen LogP contribution in [0.25, 0.3) is 0 Å². The van der Waals surface area contributed by atoms with Crippen molar-refractivity contribution in [3.05, 3.63) is 57.9 Å². The number of hydrogen-bond donors (Lipinski definition) is 0. The third-order valence-electron chi connectivity index (χ3n) is 3.35. The van der Waals surface area contributed by atoms with Crippen molar-refractivity contribution in [3.8, 4) is 11.5 Å². The predicted molar refractivity (Wildman–Crippen MR) is 76.1 cm³/mol. The maximum Gasteiger partial charge on any atom is 0.129 e. The normalized spacial score (nSPS) is 12.9. The molecule has 0 radical (unpaired) electrons. The van der Waals surface area contributed by atoms with Gasteiger partial charge in [0.05, 0.1) is 6.61 Å². The van der Waals surface area contributed by atoms with Gasteiger partial charge in [0.25, 0.3) is 0 Å². The Hall–Kier alpha value is -1.74. The highest BCUT2D eigenvalue weighted by Gasteiger charge is 2.18. The van der Waals surface area contributed by atoms with E-state index in [0.29, 0.717) is 29.5 Å². The van der Waals surface area contributed by atoms with E-state index in [1.807, 2.05) is 12.1 Å². The number of fused-ring (bicyclic) bond motifs is 1. The zero-order valence-corrected chi connectivity index (χ0v) is 11.8. The minimum Gasteiger partial charge on any atom is -0.493 e. The van der Waals surface area contributed by atoms with Crippen molar-refractivity contribution < 1.29 is 13.9 Å². The predicted octanol–water partition coefficient (Wildman–Crippen LogP) is 4.30. The summed E-state index contributed by atoms with van der Waals surface area (Å²) in [5.41, 5.74) is 2.61. The molecular formula is C16H14ClFO2. The molecule has 3 rings (SSSR count). The fraction of sp³-hybridized carbons (Fsp3) is 0.250. The lowest BCUT2D eigenvalue weighted by Gasteiger charge is -2.11. The Labute approximate surface area is 122 Å². The third-order valence-corrected chi connectivity index (χ3v) is 3.57. The summed E-state index contributed by atoms with van der Waals surface area (Å²) < 4.78 is 24.5. The van der Waals surface area contributed by atoms with Crippen LogP contribution in [0, 0.1) is 12.7 Å². The first-order valence-corrected chi connectivity index (χ1v) is 6.84. The van der Waals surface area contributed by atoms with E-state index in [0.717, 1.165) is 23.3 Å². The molecule has 1 aliphatic heterocycles. The molecule has 0 fully saturated rings. The van der Waals surface area contributed by atoms with E-state index in [-0.39, 0.29) is 5.82 Å². The standard InChI is InChI=1S/C16H14ClFO2/c1-10-6-14(2-3-15(10)18)20-9-12-8-13(17)7-11-4-5-19-16(11)12/h2-3,6-8H,4-5,9H2,1H3. The molecule has 0 bridgehead atoms. The van der Waals surface area contributed by atoms with Crippen molar-refractivity contribution >= 4 is 11.6 Å². The molecule has 0 saturated carbocycles. The Morgan fingerprint density at radius 2 is 2.15 bits per heavy atom. The summed E-state index contributed by atoms with van der Waals surface area (Å²) in [4.78, 5) is 0. The molecule has 1 heterocycles. The van der Waals surface area contributed by atoms with Gasteiger partial charge in [0.2, 0.25) is 0 Å². The molecule has 0 aromatic heterocycles. The topological polar surface area (TPSA) is 18.5 Å². The highest BCUT2D eigenvalue weighted by molar-refractivity contribution is 6.30. The smallest absolute Gasteiger partial charge is 0.129 e. The van der Waals surface area contributed by atoms with E-state index >= 15 is 0 Å². The Balaban J connectivity index is 1.80. The summed E-state index contributed by atoms with van der Waals surface area (Å²) in [6.45, 7) is 2.74. The molecular weight excluding hydrogens is 279 g/mol. The molecule has 2 aromatic rings. The molecule has 0 N–H and O–H groups in total. The molecule has 2 aromatic carbocycles. The van der Waals surface area contributed by atoms with Gasteiger partial charge in [0.1, 0.15) is 23.9 Å². The molecule has 4 heteroatoms. The van der Waals surface area contributed by atoms with Crippen LogP contribution < -0.4 is 9.47 Å². The van der Waals surface area contributed by atoms with Crippen LogP contribution >= 0.6 is 11.6 Å². The number of benzene rings is 2. The molecule has 0 unspecified atom stereocenters. The molecule has 1 aliphatic rings. The van der Waals surface area contributed by atoms with Crippen LogP contribution in [-0.4, -0.2) is 6.61 Å². The van der Waals surface area contributed by atoms with Gasteiger partial charge in [0, 0.05) is 17.0 Å².